The lowest BCUT2D eigenvalue weighted by molar-refractivity contribution is -0.138. The summed E-state index contributed by atoms with van der Waals surface area (Å²) in [5.74, 6) is 1.06. The van der Waals surface area contributed by atoms with Crippen LogP contribution in [0.25, 0.3) is 23.1 Å². The van der Waals surface area contributed by atoms with Crippen molar-refractivity contribution in [3.63, 3.8) is 0 Å². The Labute approximate surface area is 260 Å². The molecule has 6 rings (SSSR count). The minimum atomic E-state index is -0.795. The first-order valence-corrected chi connectivity index (χ1v) is 14.9. The molecule has 0 amide bonds. The molecule has 0 radical (unpaired) electrons. The summed E-state index contributed by atoms with van der Waals surface area (Å²) < 4.78 is 18.8. The molecule has 0 bridgehead atoms. The van der Waals surface area contributed by atoms with E-state index in [2.05, 4.69) is 0 Å². The monoisotopic (exact) mass is 630 g/mol. The Balaban J connectivity index is 1.56. The summed E-state index contributed by atoms with van der Waals surface area (Å²) in [5.41, 5.74) is 2.47. The number of furan rings is 1. The number of methoxy groups -OCH3 is 1. The molecule has 1 aliphatic heterocycles. The molecule has 1 aliphatic rings. The molecule has 0 spiro atoms. The summed E-state index contributed by atoms with van der Waals surface area (Å²) >= 11 is 13.8. The van der Waals surface area contributed by atoms with Crippen LogP contribution < -0.4 is 19.6 Å². The number of thiazole rings is 1. The lowest BCUT2D eigenvalue weighted by Crippen LogP contribution is -2.40. The van der Waals surface area contributed by atoms with Gasteiger partial charge in [-0.15, -0.1) is 0 Å². The fourth-order valence-corrected chi connectivity index (χ4v) is 6.32. The van der Waals surface area contributed by atoms with Crippen LogP contribution >= 0.6 is 34.5 Å². The first-order chi connectivity index (χ1) is 20.9. The van der Waals surface area contributed by atoms with E-state index < -0.39 is 12.0 Å². The van der Waals surface area contributed by atoms with E-state index in [9.17, 15) is 9.59 Å². The highest BCUT2D eigenvalue weighted by atomic mass is 35.5. The molecule has 43 heavy (non-hydrogen) atoms. The number of carbonyl (C=O) groups is 1. The molecule has 3 heterocycles. The number of ether oxygens (including phenoxy) is 2. The van der Waals surface area contributed by atoms with Gasteiger partial charge in [0.1, 0.15) is 17.3 Å². The summed E-state index contributed by atoms with van der Waals surface area (Å²) in [4.78, 5) is 32.9. The molecule has 10 heteroatoms. The summed E-state index contributed by atoms with van der Waals surface area (Å²) in [6, 6.07) is 24.7. The first kappa shape index (κ1) is 28.7. The number of benzene rings is 3. The van der Waals surface area contributed by atoms with E-state index >= 15 is 0 Å². The van der Waals surface area contributed by atoms with Crippen molar-refractivity contribution < 1.29 is 18.7 Å². The van der Waals surface area contributed by atoms with E-state index in [-0.39, 0.29) is 17.7 Å². The van der Waals surface area contributed by atoms with Gasteiger partial charge in [-0.3, -0.25) is 9.36 Å². The van der Waals surface area contributed by atoms with Crippen molar-refractivity contribution in [3.8, 4) is 17.1 Å². The Morgan fingerprint density at radius 3 is 2.51 bits per heavy atom. The summed E-state index contributed by atoms with van der Waals surface area (Å²) in [5, 5.41) is 0.791. The molecule has 0 unspecified atom stereocenters. The van der Waals surface area contributed by atoms with Crippen molar-refractivity contribution in [1.82, 2.24) is 4.57 Å². The molecule has 0 aliphatic carbocycles. The Morgan fingerprint density at radius 1 is 1.02 bits per heavy atom. The van der Waals surface area contributed by atoms with Crippen LogP contribution in [-0.2, 0) is 9.53 Å². The summed E-state index contributed by atoms with van der Waals surface area (Å²) in [6.07, 6.45) is 1.66. The van der Waals surface area contributed by atoms with E-state index in [0.717, 1.165) is 5.56 Å². The number of halogens is 2. The average molecular weight is 632 g/mol. The number of hydrogen-bond acceptors (Lipinski definition) is 7. The third-order valence-electron chi connectivity index (χ3n) is 6.92. The minimum absolute atomic E-state index is 0.168. The van der Waals surface area contributed by atoms with Gasteiger partial charge in [-0.05, 0) is 48.9 Å². The summed E-state index contributed by atoms with van der Waals surface area (Å²) in [6.45, 7) is 1.91. The maximum absolute atomic E-state index is 14.1. The normalized spacial score (nSPS) is 14.8. The van der Waals surface area contributed by atoms with Gasteiger partial charge in [-0.2, -0.15) is 0 Å². The molecule has 0 fully saturated rings. The molecule has 0 saturated carbocycles. The Kier molecular flexibility index (Phi) is 8.08. The van der Waals surface area contributed by atoms with Crippen LogP contribution in [0.5, 0.6) is 5.75 Å². The third kappa shape index (κ3) is 5.45. The Morgan fingerprint density at radius 2 is 1.79 bits per heavy atom. The van der Waals surface area contributed by atoms with Crippen LogP contribution in [0.4, 0.5) is 0 Å². The maximum Gasteiger partial charge on any atom is 0.338 e. The second-order valence-electron chi connectivity index (χ2n) is 9.51. The van der Waals surface area contributed by atoms with E-state index in [0.29, 0.717) is 53.5 Å². The standard InChI is InChI=1S/C33H24Cl2N2O5S/c1-3-41-32(39)27-29(19-8-5-4-6-9-19)36-33-37(30(27)20-12-14-21(40-2)15-13-20)31(38)26(43-33)18-22-16-17-25(42-22)23-10-7-11-24(34)28(23)35/h4-18,30H,3H2,1-2H3/b26-18-/t30-/m1/s1. The largest absolute Gasteiger partial charge is 0.497 e. The van der Waals surface area contributed by atoms with Crippen molar-refractivity contribution >= 4 is 52.3 Å². The molecular weight excluding hydrogens is 607 g/mol. The van der Waals surface area contributed by atoms with Gasteiger partial charge in [-0.25, -0.2) is 9.79 Å². The predicted octanol–water partition coefficient (Wildman–Crippen LogP) is 6.51. The van der Waals surface area contributed by atoms with Crippen LogP contribution in [0.3, 0.4) is 0 Å². The highest BCUT2D eigenvalue weighted by Gasteiger charge is 2.35. The number of nitrogens with zero attached hydrogens (tertiary/aromatic N) is 2. The smallest absolute Gasteiger partial charge is 0.338 e. The van der Waals surface area contributed by atoms with E-state index in [1.807, 2.05) is 48.5 Å². The van der Waals surface area contributed by atoms with Crippen LogP contribution in [0, 0.1) is 0 Å². The summed E-state index contributed by atoms with van der Waals surface area (Å²) in [7, 11) is 1.58. The number of hydrogen-bond donors (Lipinski definition) is 0. The molecule has 7 nitrogen and oxygen atoms in total. The average Bonchev–Trinajstić information content (AvgIpc) is 3.62. The fourth-order valence-electron chi connectivity index (χ4n) is 4.94. The van der Waals surface area contributed by atoms with Gasteiger partial charge in [0, 0.05) is 17.2 Å². The molecule has 1 atom stereocenters. The van der Waals surface area contributed by atoms with E-state index in [4.69, 9.17) is 42.1 Å². The quantitative estimate of drug-likeness (QED) is 0.191. The van der Waals surface area contributed by atoms with Gasteiger partial charge in [-0.1, -0.05) is 83.1 Å². The Bertz CT molecular complexity index is 2040. The molecule has 216 valence electrons. The number of aromatic nitrogens is 1. The number of rotatable bonds is 7. The molecule has 2 aromatic heterocycles. The zero-order valence-electron chi connectivity index (χ0n) is 23.0. The number of fused-ring (bicyclic) bond motifs is 1. The van der Waals surface area contributed by atoms with Crippen molar-refractivity contribution in [2.45, 2.75) is 13.0 Å². The molecule has 5 aromatic rings. The van der Waals surface area contributed by atoms with E-state index in [1.54, 1.807) is 56.5 Å². The van der Waals surface area contributed by atoms with Crippen molar-refractivity contribution in [2.75, 3.05) is 13.7 Å². The van der Waals surface area contributed by atoms with Gasteiger partial charge in [0.2, 0.25) is 0 Å². The second-order valence-corrected chi connectivity index (χ2v) is 11.3. The lowest BCUT2D eigenvalue weighted by atomic mass is 9.93. The van der Waals surface area contributed by atoms with Crippen LogP contribution in [-0.4, -0.2) is 24.3 Å². The Hall–Kier alpha value is -4.37. The molecule has 0 N–H and O–H groups in total. The van der Waals surface area contributed by atoms with Crippen LogP contribution in [0.2, 0.25) is 10.0 Å². The van der Waals surface area contributed by atoms with Gasteiger partial charge in [0.15, 0.2) is 4.80 Å². The lowest BCUT2D eigenvalue weighted by Gasteiger charge is -2.26. The number of carbonyl (C=O) groups excluding carboxylic acids is 1. The zero-order valence-corrected chi connectivity index (χ0v) is 25.4. The second kappa shape index (κ2) is 12.1. The third-order valence-corrected chi connectivity index (χ3v) is 8.72. The molecule has 3 aromatic carbocycles. The highest BCUT2D eigenvalue weighted by molar-refractivity contribution is 7.07. The van der Waals surface area contributed by atoms with Crippen molar-refractivity contribution in [2.24, 2.45) is 4.99 Å². The number of esters is 1. The predicted molar refractivity (Wildman–Crippen MR) is 168 cm³/mol. The SMILES string of the molecule is CCOC(=O)C1=C(c2ccccc2)N=c2s/c(=C\c3ccc(-c4cccc(Cl)c4Cl)o3)c(=O)n2[C@@H]1c1ccc(OC)cc1. The first-order valence-electron chi connectivity index (χ1n) is 13.4. The molecular formula is C33H24Cl2N2O5S. The highest BCUT2D eigenvalue weighted by Crippen LogP contribution is 2.36. The van der Waals surface area contributed by atoms with E-state index in [1.165, 1.54) is 15.9 Å². The maximum atomic E-state index is 14.1. The van der Waals surface area contributed by atoms with Crippen molar-refractivity contribution in [1.29, 1.82) is 0 Å². The van der Waals surface area contributed by atoms with Gasteiger partial charge in [0.25, 0.3) is 5.56 Å². The van der Waals surface area contributed by atoms with Gasteiger partial charge in [0.05, 0.1) is 45.6 Å². The topological polar surface area (TPSA) is 83.0 Å². The zero-order chi connectivity index (χ0) is 30.1. The van der Waals surface area contributed by atoms with Crippen LogP contribution in [0.1, 0.15) is 29.9 Å². The van der Waals surface area contributed by atoms with Crippen LogP contribution in [0.15, 0.2) is 105 Å². The minimum Gasteiger partial charge on any atom is -0.497 e. The fraction of sp³-hybridized carbons (Fsp3) is 0.121. The van der Waals surface area contributed by atoms with Crippen molar-refractivity contribution in [3.05, 3.63) is 137 Å². The van der Waals surface area contributed by atoms with Gasteiger partial charge >= 0.3 is 5.97 Å². The van der Waals surface area contributed by atoms with Gasteiger partial charge < -0.3 is 13.9 Å². The molecule has 0 saturated heterocycles.